The van der Waals surface area contributed by atoms with Crippen molar-refractivity contribution in [3.63, 3.8) is 0 Å². The first-order valence-electron chi connectivity index (χ1n) is 13.0. The Hall–Kier alpha value is -4.73. The minimum atomic E-state index is -1.22. The molecular weight excluding hydrogens is 510 g/mol. The van der Waals surface area contributed by atoms with Crippen LogP contribution in [0.25, 0.3) is 0 Å². The third kappa shape index (κ3) is 5.12. The molecule has 1 aliphatic carbocycles. The molecule has 1 aromatic heterocycles. The predicted molar refractivity (Wildman–Crippen MR) is 150 cm³/mol. The number of carbonyl (C=O) groups is 4. The monoisotopic (exact) mass is 541 g/mol. The van der Waals surface area contributed by atoms with Crippen molar-refractivity contribution in [3.05, 3.63) is 83.0 Å². The van der Waals surface area contributed by atoms with Crippen molar-refractivity contribution in [2.45, 2.75) is 45.6 Å². The van der Waals surface area contributed by atoms with Crippen LogP contribution >= 0.6 is 0 Å². The number of pyridine rings is 1. The molecule has 4 amide bonds. The molecular formula is C30H31N5O5. The van der Waals surface area contributed by atoms with Gasteiger partial charge in [-0.15, -0.1) is 0 Å². The van der Waals surface area contributed by atoms with Gasteiger partial charge in [0.2, 0.25) is 17.7 Å². The summed E-state index contributed by atoms with van der Waals surface area (Å²) in [6, 6.07) is 16.1. The number of para-hydroxylation sites is 1. The Morgan fingerprint density at radius 1 is 1.02 bits per heavy atom. The summed E-state index contributed by atoms with van der Waals surface area (Å²) in [6.07, 6.45) is 1.49. The lowest BCUT2D eigenvalue weighted by atomic mass is 9.79. The van der Waals surface area contributed by atoms with E-state index in [0.29, 0.717) is 35.6 Å². The van der Waals surface area contributed by atoms with Crippen LogP contribution in [0.3, 0.4) is 0 Å². The minimum Gasteiger partial charge on any atom is -0.465 e. The SMILES string of the molecule is CC(C)(C)C(=O)N(CC(=O)Nc1ccc2c(c1)CC1(C2)C(=O)Nc2ncccc21)Cc1ccccc1NC(=O)O. The Labute approximate surface area is 231 Å². The molecule has 0 bridgehead atoms. The normalized spacial score (nSPS) is 17.1. The Kier molecular flexibility index (Phi) is 6.79. The summed E-state index contributed by atoms with van der Waals surface area (Å²) in [7, 11) is 0. The summed E-state index contributed by atoms with van der Waals surface area (Å²) in [5.74, 6) is -0.111. The molecule has 2 heterocycles. The van der Waals surface area contributed by atoms with Crippen LogP contribution in [0.5, 0.6) is 0 Å². The number of rotatable bonds is 6. The Morgan fingerprint density at radius 2 is 1.77 bits per heavy atom. The summed E-state index contributed by atoms with van der Waals surface area (Å²) in [6.45, 7) is 5.13. The Morgan fingerprint density at radius 3 is 2.52 bits per heavy atom. The van der Waals surface area contributed by atoms with Gasteiger partial charge in [-0.25, -0.2) is 9.78 Å². The van der Waals surface area contributed by atoms with E-state index in [9.17, 15) is 24.3 Å². The average Bonchev–Trinajstić information content (AvgIpc) is 3.40. The summed E-state index contributed by atoms with van der Waals surface area (Å²) in [5.41, 5.74) is 2.92. The summed E-state index contributed by atoms with van der Waals surface area (Å²) >= 11 is 0. The van der Waals surface area contributed by atoms with Crippen LogP contribution in [0, 0.1) is 5.41 Å². The van der Waals surface area contributed by atoms with Gasteiger partial charge in [-0.1, -0.05) is 51.1 Å². The van der Waals surface area contributed by atoms with E-state index in [4.69, 9.17) is 0 Å². The maximum absolute atomic E-state index is 13.3. The highest BCUT2D eigenvalue weighted by molar-refractivity contribution is 6.06. The van der Waals surface area contributed by atoms with Crippen molar-refractivity contribution >= 4 is 41.0 Å². The lowest BCUT2D eigenvalue weighted by Crippen LogP contribution is -2.43. The van der Waals surface area contributed by atoms with Gasteiger partial charge in [0.25, 0.3) is 0 Å². The molecule has 2 aliphatic rings. The zero-order valence-electron chi connectivity index (χ0n) is 22.6. The summed E-state index contributed by atoms with van der Waals surface area (Å²) in [5, 5.41) is 17.3. The highest BCUT2D eigenvalue weighted by Crippen LogP contribution is 2.46. The fourth-order valence-corrected chi connectivity index (χ4v) is 5.49. The van der Waals surface area contributed by atoms with Crippen molar-refractivity contribution in [1.29, 1.82) is 0 Å². The van der Waals surface area contributed by atoms with Crippen molar-refractivity contribution < 1.29 is 24.3 Å². The first-order valence-corrected chi connectivity index (χ1v) is 13.0. The van der Waals surface area contributed by atoms with Gasteiger partial charge in [-0.3, -0.25) is 19.7 Å². The number of carbonyl (C=O) groups excluding carboxylic acids is 3. The predicted octanol–water partition coefficient (Wildman–Crippen LogP) is 4.17. The van der Waals surface area contributed by atoms with E-state index >= 15 is 0 Å². The minimum absolute atomic E-state index is 0.0508. The van der Waals surface area contributed by atoms with E-state index in [1.807, 2.05) is 24.3 Å². The number of benzene rings is 2. The third-order valence-electron chi connectivity index (χ3n) is 7.35. The number of fused-ring (bicyclic) bond motifs is 3. The molecule has 0 fully saturated rings. The highest BCUT2D eigenvalue weighted by Gasteiger charge is 2.51. The quantitative estimate of drug-likeness (QED) is 0.369. The Balaban J connectivity index is 1.33. The topological polar surface area (TPSA) is 141 Å². The van der Waals surface area contributed by atoms with Crippen LogP contribution < -0.4 is 16.0 Å². The summed E-state index contributed by atoms with van der Waals surface area (Å²) < 4.78 is 0. The zero-order chi connectivity index (χ0) is 28.7. The number of nitrogens with one attached hydrogen (secondary N) is 3. The molecule has 40 heavy (non-hydrogen) atoms. The molecule has 0 radical (unpaired) electrons. The number of carboxylic acid groups (broad SMARTS) is 1. The first-order chi connectivity index (χ1) is 19.0. The molecule has 0 saturated heterocycles. The molecule has 5 rings (SSSR count). The zero-order valence-corrected chi connectivity index (χ0v) is 22.6. The van der Waals surface area contributed by atoms with Crippen molar-refractivity contribution in [3.8, 4) is 0 Å². The maximum Gasteiger partial charge on any atom is 0.409 e. The molecule has 2 aromatic carbocycles. The maximum atomic E-state index is 13.3. The summed E-state index contributed by atoms with van der Waals surface area (Å²) in [4.78, 5) is 56.4. The Bertz CT molecular complexity index is 1530. The van der Waals surface area contributed by atoms with Crippen LogP contribution in [0.1, 0.15) is 43.0 Å². The molecule has 1 unspecified atom stereocenters. The number of hydrogen-bond donors (Lipinski definition) is 4. The van der Waals surface area contributed by atoms with Gasteiger partial charge < -0.3 is 20.6 Å². The smallest absolute Gasteiger partial charge is 0.409 e. The molecule has 1 spiro atoms. The average molecular weight is 542 g/mol. The highest BCUT2D eigenvalue weighted by atomic mass is 16.4. The van der Waals surface area contributed by atoms with Gasteiger partial charge in [-0.05, 0) is 53.8 Å². The van der Waals surface area contributed by atoms with Gasteiger partial charge in [0.15, 0.2) is 0 Å². The molecule has 10 nitrogen and oxygen atoms in total. The fraction of sp³-hybridized carbons (Fsp3) is 0.300. The van der Waals surface area contributed by atoms with Crippen LogP contribution in [-0.4, -0.2) is 45.3 Å². The second-order valence-electron chi connectivity index (χ2n) is 11.3. The molecule has 0 saturated carbocycles. The van der Waals surface area contributed by atoms with Crippen LogP contribution in [0.15, 0.2) is 60.8 Å². The molecule has 1 atom stereocenters. The number of amides is 4. The molecule has 206 valence electrons. The van der Waals surface area contributed by atoms with E-state index in [2.05, 4.69) is 20.9 Å². The number of nitrogens with zero attached hydrogens (tertiary/aromatic N) is 2. The van der Waals surface area contributed by atoms with E-state index in [-0.39, 0.29) is 30.8 Å². The number of hydrogen-bond acceptors (Lipinski definition) is 5. The van der Waals surface area contributed by atoms with Gasteiger partial charge >= 0.3 is 6.09 Å². The van der Waals surface area contributed by atoms with Crippen LogP contribution in [0.4, 0.5) is 22.0 Å². The van der Waals surface area contributed by atoms with E-state index in [1.165, 1.54) is 4.90 Å². The first kappa shape index (κ1) is 26.9. The van der Waals surface area contributed by atoms with Crippen molar-refractivity contribution in [1.82, 2.24) is 9.88 Å². The molecule has 4 N–H and O–H groups in total. The van der Waals surface area contributed by atoms with E-state index < -0.39 is 16.9 Å². The lowest BCUT2D eigenvalue weighted by Gasteiger charge is -2.29. The van der Waals surface area contributed by atoms with Crippen molar-refractivity contribution in [2.24, 2.45) is 5.41 Å². The third-order valence-corrected chi connectivity index (χ3v) is 7.35. The molecule has 1 aliphatic heterocycles. The van der Waals surface area contributed by atoms with E-state index in [1.54, 1.807) is 57.3 Å². The number of aromatic nitrogens is 1. The molecule has 10 heteroatoms. The van der Waals surface area contributed by atoms with Gasteiger partial charge in [0, 0.05) is 35.1 Å². The van der Waals surface area contributed by atoms with Gasteiger partial charge in [0.05, 0.1) is 5.41 Å². The largest absolute Gasteiger partial charge is 0.465 e. The van der Waals surface area contributed by atoms with Crippen molar-refractivity contribution in [2.75, 3.05) is 22.5 Å². The van der Waals surface area contributed by atoms with Gasteiger partial charge in [0.1, 0.15) is 12.4 Å². The standard InChI is InChI=1S/C30H31N5O5/c1-29(2,3)27(38)35(16-19-7-4-5-9-23(19)33-28(39)40)17-24(36)32-21-11-10-18-14-30(15-20(18)13-21)22-8-6-12-31-25(22)34-26(30)37/h4-13,33H,14-17H2,1-3H3,(H,32,36)(H,39,40)(H,31,34,37). The van der Waals surface area contributed by atoms with E-state index in [0.717, 1.165) is 16.7 Å². The number of anilines is 3. The van der Waals surface area contributed by atoms with Crippen LogP contribution in [0.2, 0.25) is 0 Å². The fourth-order valence-electron chi connectivity index (χ4n) is 5.49. The van der Waals surface area contributed by atoms with Gasteiger partial charge in [-0.2, -0.15) is 0 Å². The van der Waals surface area contributed by atoms with Crippen LogP contribution in [-0.2, 0) is 39.2 Å². The molecule has 3 aromatic rings. The second-order valence-corrected chi connectivity index (χ2v) is 11.3. The second kappa shape index (κ2) is 10.1. The lowest BCUT2D eigenvalue weighted by molar-refractivity contribution is -0.142.